The van der Waals surface area contributed by atoms with Gasteiger partial charge in [-0.3, -0.25) is 0 Å². The van der Waals surface area contributed by atoms with Gasteiger partial charge in [0.05, 0.1) is 19.8 Å². The Morgan fingerprint density at radius 2 is 2.13 bits per heavy atom. The molecule has 0 fully saturated rings. The number of hydrogen-bond donors (Lipinski definition) is 2. The highest BCUT2D eigenvalue weighted by atomic mass is 16.5. The first-order valence-electron chi connectivity index (χ1n) is 4.85. The monoisotopic (exact) mass is 208 g/mol. The van der Waals surface area contributed by atoms with Crippen LogP contribution in [0.1, 0.15) is 11.1 Å². The lowest BCUT2D eigenvalue weighted by Gasteiger charge is -2.09. The Morgan fingerprint density at radius 3 is 2.80 bits per heavy atom. The van der Waals surface area contributed by atoms with E-state index >= 15 is 0 Å². The molecule has 1 unspecified atom stereocenters. The molecule has 0 bridgehead atoms. The Hall–Kier alpha value is -1.16. The third-order valence-corrected chi connectivity index (χ3v) is 2.05. The number of ether oxygens (including phenoxy) is 1. The predicted octanol–water partition coefficient (Wildman–Crippen LogP) is 1.20. The topological polar surface area (TPSA) is 49.7 Å². The maximum absolute atomic E-state index is 9.07. The molecular weight excluding hydrogens is 192 g/mol. The summed E-state index contributed by atoms with van der Waals surface area (Å²) in [6.45, 7) is 3.99. The lowest BCUT2D eigenvalue weighted by atomic mass is 10.1. The Kier molecular flexibility index (Phi) is 5.04. The second-order valence-electron chi connectivity index (χ2n) is 3.25. The van der Waals surface area contributed by atoms with Crippen molar-refractivity contribution < 1.29 is 14.9 Å². The van der Waals surface area contributed by atoms with Crippen molar-refractivity contribution in [1.82, 2.24) is 0 Å². The van der Waals surface area contributed by atoms with Crippen LogP contribution < -0.4 is 0 Å². The molecule has 0 aliphatic rings. The summed E-state index contributed by atoms with van der Waals surface area (Å²) in [6, 6.07) is 7.76. The molecule has 2 N–H and O–H groups in total. The largest absolute Gasteiger partial charge is 0.394 e. The molecular formula is C12H16O3. The third-order valence-electron chi connectivity index (χ3n) is 2.05. The van der Waals surface area contributed by atoms with E-state index in [1.54, 1.807) is 6.08 Å². The van der Waals surface area contributed by atoms with E-state index in [1.807, 2.05) is 24.3 Å². The van der Waals surface area contributed by atoms with Crippen molar-refractivity contribution in [3.63, 3.8) is 0 Å². The highest BCUT2D eigenvalue weighted by Crippen LogP contribution is 2.11. The molecule has 0 radical (unpaired) electrons. The summed E-state index contributed by atoms with van der Waals surface area (Å²) >= 11 is 0. The zero-order chi connectivity index (χ0) is 11.1. The van der Waals surface area contributed by atoms with Crippen LogP contribution in [0.2, 0.25) is 0 Å². The maximum Gasteiger partial charge on any atom is 0.100 e. The van der Waals surface area contributed by atoms with Crippen molar-refractivity contribution in [1.29, 1.82) is 0 Å². The molecule has 0 aliphatic heterocycles. The first kappa shape index (κ1) is 11.9. The number of aliphatic hydroxyl groups is 2. The molecule has 0 heterocycles. The molecule has 1 aromatic rings. The highest BCUT2D eigenvalue weighted by molar-refractivity contribution is 5.51. The van der Waals surface area contributed by atoms with Gasteiger partial charge < -0.3 is 14.9 Å². The van der Waals surface area contributed by atoms with Crippen LogP contribution in [0.5, 0.6) is 0 Å². The minimum atomic E-state index is -0.805. The zero-order valence-corrected chi connectivity index (χ0v) is 8.60. The lowest BCUT2D eigenvalue weighted by molar-refractivity contribution is -0.0000119. The van der Waals surface area contributed by atoms with Crippen molar-refractivity contribution in [2.75, 3.05) is 13.2 Å². The molecule has 0 aliphatic carbocycles. The summed E-state index contributed by atoms with van der Waals surface area (Å²) in [5.74, 6) is 0. The summed E-state index contributed by atoms with van der Waals surface area (Å²) in [6.07, 6.45) is 0.960. The standard InChI is InChI=1S/C12H16O3/c1-2-10-5-3-4-6-11(10)8-15-9-12(14)7-13/h2-6,12-14H,1,7-9H2. The fraction of sp³-hybridized carbons (Fsp3) is 0.333. The fourth-order valence-corrected chi connectivity index (χ4v) is 1.22. The van der Waals surface area contributed by atoms with Crippen LogP contribution in [0.4, 0.5) is 0 Å². The molecule has 3 nitrogen and oxygen atoms in total. The van der Waals surface area contributed by atoms with Gasteiger partial charge in [-0.1, -0.05) is 36.9 Å². The van der Waals surface area contributed by atoms with Crippen molar-refractivity contribution in [2.45, 2.75) is 12.7 Å². The van der Waals surface area contributed by atoms with Crippen molar-refractivity contribution >= 4 is 6.08 Å². The smallest absolute Gasteiger partial charge is 0.100 e. The fourth-order valence-electron chi connectivity index (χ4n) is 1.22. The van der Waals surface area contributed by atoms with Gasteiger partial charge in [-0.05, 0) is 11.1 Å². The summed E-state index contributed by atoms with van der Waals surface area (Å²) in [4.78, 5) is 0. The molecule has 1 aromatic carbocycles. The summed E-state index contributed by atoms with van der Waals surface area (Å²) < 4.78 is 5.26. The minimum absolute atomic E-state index is 0.141. The van der Waals surface area contributed by atoms with E-state index in [9.17, 15) is 0 Å². The van der Waals surface area contributed by atoms with Crippen molar-refractivity contribution in [3.8, 4) is 0 Å². The number of rotatable bonds is 6. The number of benzene rings is 1. The molecule has 0 spiro atoms. The van der Waals surface area contributed by atoms with E-state index in [2.05, 4.69) is 6.58 Å². The molecule has 1 atom stereocenters. The molecule has 1 rings (SSSR count). The van der Waals surface area contributed by atoms with E-state index in [0.717, 1.165) is 11.1 Å². The zero-order valence-electron chi connectivity index (χ0n) is 8.60. The van der Waals surface area contributed by atoms with E-state index in [-0.39, 0.29) is 13.2 Å². The number of hydrogen-bond acceptors (Lipinski definition) is 3. The van der Waals surface area contributed by atoms with Gasteiger partial charge in [0, 0.05) is 0 Å². The van der Waals surface area contributed by atoms with Crippen LogP contribution in [-0.4, -0.2) is 29.5 Å². The first-order valence-corrected chi connectivity index (χ1v) is 4.85. The maximum atomic E-state index is 9.07. The van der Waals surface area contributed by atoms with Gasteiger partial charge in [-0.2, -0.15) is 0 Å². The minimum Gasteiger partial charge on any atom is -0.394 e. The Bertz CT molecular complexity index is 309. The highest BCUT2D eigenvalue weighted by Gasteiger charge is 2.03. The van der Waals surface area contributed by atoms with Gasteiger partial charge >= 0.3 is 0 Å². The van der Waals surface area contributed by atoms with Crippen LogP contribution in [0.25, 0.3) is 6.08 Å². The second kappa shape index (κ2) is 6.35. The van der Waals surface area contributed by atoms with E-state index in [4.69, 9.17) is 14.9 Å². The van der Waals surface area contributed by atoms with Crippen molar-refractivity contribution in [3.05, 3.63) is 42.0 Å². The quantitative estimate of drug-likeness (QED) is 0.738. The van der Waals surface area contributed by atoms with Gasteiger partial charge in [0.2, 0.25) is 0 Å². The summed E-state index contributed by atoms with van der Waals surface area (Å²) in [5, 5.41) is 17.7. The Balaban J connectivity index is 2.46. The lowest BCUT2D eigenvalue weighted by Crippen LogP contribution is -2.19. The summed E-state index contributed by atoms with van der Waals surface area (Å²) in [7, 11) is 0. The average molecular weight is 208 g/mol. The van der Waals surface area contributed by atoms with Gasteiger partial charge in [0.1, 0.15) is 6.10 Å². The molecule has 0 aromatic heterocycles. The van der Waals surface area contributed by atoms with Gasteiger partial charge in [-0.15, -0.1) is 0 Å². The predicted molar refractivity (Wildman–Crippen MR) is 59.3 cm³/mol. The van der Waals surface area contributed by atoms with Gasteiger partial charge in [0.25, 0.3) is 0 Å². The van der Waals surface area contributed by atoms with Crippen molar-refractivity contribution in [2.24, 2.45) is 0 Å². The van der Waals surface area contributed by atoms with Gasteiger partial charge in [0.15, 0.2) is 0 Å². The van der Waals surface area contributed by atoms with Crippen LogP contribution in [0, 0.1) is 0 Å². The molecule has 0 saturated heterocycles. The average Bonchev–Trinajstić information content (AvgIpc) is 2.29. The van der Waals surface area contributed by atoms with E-state index < -0.39 is 6.10 Å². The SMILES string of the molecule is C=Cc1ccccc1COCC(O)CO. The first-order chi connectivity index (χ1) is 7.27. The molecule has 15 heavy (non-hydrogen) atoms. The van der Waals surface area contributed by atoms with Crippen LogP contribution >= 0.6 is 0 Å². The second-order valence-corrected chi connectivity index (χ2v) is 3.25. The van der Waals surface area contributed by atoms with Crippen LogP contribution in [0.3, 0.4) is 0 Å². The van der Waals surface area contributed by atoms with Crippen LogP contribution in [-0.2, 0) is 11.3 Å². The third kappa shape index (κ3) is 3.83. The van der Waals surface area contributed by atoms with E-state index in [0.29, 0.717) is 6.61 Å². The number of aliphatic hydroxyl groups excluding tert-OH is 2. The van der Waals surface area contributed by atoms with Gasteiger partial charge in [-0.25, -0.2) is 0 Å². The molecule has 0 amide bonds. The normalized spacial score (nSPS) is 12.4. The Labute approximate surface area is 89.6 Å². The molecule has 3 heteroatoms. The molecule has 82 valence electrons. The van der Waals surface area contributed by atoms with Crippen LogP contribution in [0.15, 0.2) is 30.8 Å². The Morgan fingerprint density at radius 1 is 1.40 bits per heavy atom. The summed E-state index contributed by atoms with van der Waals surface area (Å²) in [5.41, 5.74) is 2.05. The van der Waals surface area contributed by atoms with E-state index in [1.165, 1.54) is 0 Å². The molecule has 0 saturated carbocycles.